The second-order valence-corrected chi connectivity index (χ2v) is 9.09. The molecule has 5 unspecified atom stereocenters. The fourth-order valence-corrected chi connectivity index (χ4v) is 6.46. The third-order valence-corrected chi connectivity index (χ3v) is 8.34. The predicted octanol–water partition coefficient (Wildman–Crippen LogP) is 5.60. The van der Waals surface area contributed by atoms with Crippen molar-refractivity contribution in [2.45, 2.75) is 73.1 Å². The van der Waals surface area contributed by atoms with Gasteiger partial charge in [-0.05, 0) is 74.0 Å². The van der Waals surface area contributed by atoms with E-state index in [-0.39, 0.29) is 11.3 Å². The number of likely N-dealkylation sites (N-methyl/N-ethyl adjacent to an activating group) is 1. The summed E-state index contributed by atoms with van der Waals surface area (Å²) in [6.07, 6.45) is 12.1. The van der Waals surface area contributed by atoms with Crippen molar-refractivity contribution in [3.63, 3.8) is 0 Å². The monoisotopic (exact) mass is 343 g/mol. The van der Waals surface area contributed by atoms with Gasteiger partial charge in [0, 0.05) is 19.7 Å². The molecule has 4 aliphatic rings. The topological polar surface area (TPSA) is 20.3 Å². The molecule has 1 heterocycles. The van der Waals surface area contributed by atoms with Gasteiger partial charge in [0.05, 0.1) is 0 Å². The number of nitrogens with zero attached hydrogens (tertiary/aromatic N) is 1. The Morgan fingerprint density at radius 3 is 2.52 bits per heavy atom. The summed E-state index contributed by atoms with van der Waals surface area (Å²) in [7, 11) is 1.96. The standard InChI is InChI=1S/C21H31NO.C2H6/c1-14-5-8-17-16-7-6-15-13-19(23)22(4)12-11-21(15,3)18(16)9-10-20(14,17)2;1-2/h5,13,16-18H,6-12H2,1-4H3;1-2H3. The molecule has 0 saturated heterocycles. The molecule has 0 N–H and O–H groups in total. The van der Waals surface area contributed by atoms with Crippen molar-refractivity contribution in [1.29, 1.82) is 0 Å². The molecular weight excluding hydrogens is 306 g/mol. The molecule has 1 amide bonds. The Morgan fingerprint density at radius 1 is 1.08 bits per heavy atom. The highest BCUT2D eigenvalue weighted by Gasteiger charge is 2.56. The van der Waals surface area contributed by atoms with Gasteiger partial charge >= 0.3 is 0 Å². The van der Waals surface area contributed by atoms with E-state index in [1.165, 1.54) is 31.3 Å². The molecule has 2 fully saturated rings. The Kier molecular flexibility index (Phi) is 4.94. The molecule has 4 rings (SSSR count). The van der Waals surface area contributed by atoms with Gasteiger partial charge in [-0.1, -0.05) is 44.9 Å². The van der Waals surface area contributed by atoms with E-state index in [1.54, 1.807) is 5.57 Å². The van der Waals surface area contributed by atoms with Crippen molar-refractivity contribution in [3.8, 4) is 0 Å². The van der Waals surface area contributed by atoms with E-state index in [2.05, 4.69) is 26.8 Å². The van der Waals surface area contributed by atoms with Crippen LogP contribution >= 0.6 is 0 Å². The summed E-state index contributed by atoms with van der Waals surface area (Å²) in [5.41, 5.74) is 3.81. The van der Waals surface area contributed by atoms with E-state index in [0.29, 0.717) is 5.41 Å². The maximum Gasteiger partial charge on any atom is 0.246 e. The van der Waals surface area contributed by atoms with E-state index >= 15 is 0 Å². The number of carbonyl (C=O) groups excluding carboxylic acids is 1. The number of hydrogen-bond donors (Lipinski definition) is 0. The van der Waals surface area contributed by atoms with Gasteiger partial charge in [0.15, 0.2) is 0 Å². The summed E-state index contributed by atoms with van der Waals surface area (Å²) < 4.78 is 0. The van der Waals surface area contributed by atoms with E-state index < -0.39 is 0 Å². The Morgan fingerprint density at radius 2 is 1.80 bits per heavy atom. The predicted molar refractivity (Wildman–Crippen MR) is 105 cm³/mol. The summed E-state index contributed by atoms with van der Waals surface area (Å²) in [6.45, 7) is 12.3. The minimum absolute atomic E-state index is 0.223. The van der Waals surface area contributed by atoms with Gasteiger partial charge in [0.25, 0.3) is 0 Å². The third-order valence-electron chi connectivity index (χ3n) is 8.34. The van der Waals surface area contributed by atoms with Crippen LogP contribution in [0, 0.1) is 28.6 Å². The van der Waals surface area contributed by atoms with E-state index in [9.17, 15) is 4.79 Å². The zero-order valence-corrected chi connectivity index (χ0v) is 17.2. The summed E-state index contributed by atoms with van der Waals surface area (Å²) in [4.78, 5) is 14.2. The summed E-state index contributed by atoms with van der Waals surface area (Å²) in [6, 6.07) is 0. The van der Waals surface area contributed by atoms with Gasteiger partial charge in [0.2, 0.25) is 5.91 Å². The largest absolute Gasteiger partial charge is 0.342 e. The van der Waals surface area contributed by atoms with Crippen molar-refractivity contribution in [1.82, 2.24) is 4.90 Å². The average molecular weight is 344 g/mol. The quantitative estimate of drug-likeness (QED) is 0.524. The van der Waals surface area contributed by atoms with Crippen LogP contribution in [-0.2, 0) is 4.79 Å². The molecule has 2 heteroatoms. The lowest BCUT2D eigenvalue weighted by Gasteiger charge is -2.57. The summed E-state index contributed by atoms with van der Waals surface area (Å²) >= 11 is 0. The maximum absolute atomic E-state index is 12.3. The molecule has 0 radical (unpaired) electrons. The molecule has 0 spiro atoms. The first-order valence-corrected chi connectivity index (χ1v) is 10.5. The number of fused-ring (bicyclic) bond motifs is 5. The molecule has 0 aromatic carbocycles. The highest BCUT2D eigenvalue weighted by Crippen LogP contribution is 2.64. The number of allylic oxidation sites excluding steroid dienone is 3. The Labute approximate surface area is 154 Å². The van der Waals surface area contributed by atoms with Gasteiger partial charge in [-0.3, -0.25) is 4.79 Å². The first kappa shape index (κ1) is 18.7. The number of rotatable bonds is 0. The number of hydrogen-bond acceptors (Lipinski definition) is 1. The number of carbonyl (C=O) groups is 1. The number of amides is 1. The first-order chi connectivity index (χ1) is 11.9. The van der Waals surface area contributed by atoms with Crippen LogP contribution < -0.4 is 0 Å². The fraction of sp³-hybridized carbons (Fsp3) is 0.783. The second kappa shape index (κ2) is 6.59. The Bertz CT molecular complexity index is 603. The average Bonchev–Trinajstić information content (AvgIpc) is 2.86. The van der Waals surface area contributed by atoms with Gasteiger partial charge in [-0.15, -0.1) is 0 Å². The lowest BCUT2D eigenvalue weighted by Crippen LogP contribution is -2.49. The van der Waals surface area contributed by atoms with Crippen LogP contribution in [0.4, 0.5) is 0 Å². The van der Waals surface area contributed by atoms with Crippen LogP contribution in [0.1, 0.15) is 73.1 Å². The summed E-state index contributed by atoms with van der Waals surface area (Å²) in [5, 5.41) is 0. The van der Waals surface area contributed by atoms with Gasteiger partial charge in [-0.25, -0.2) is 0 Å². The van der Waals surface area contributed by atoms with Gasteiger partial charge in [0.1, 0.15) is 0 Å². The molecule has 0 aromatic rings. The van der Waals surface area contributed by atoms with Crippen molar-refractivity contribution >= 4 is 5.91 Å². The van der Waals surface area contributed by atoms with Crippen LogP contribution in [0.15, 0.2) is 23.3 Å². The smallest absolute Gasteiger partial charge is 0.246 e. The van der Waals surface area contributed by atoms with Crippen LogP contribution in [-0.4, -0.2) is 24.4 Å². The van der Waals surface area contributed by atoms with E-state index in [4.69, 9.17) is 0 Å². The van der Waals surface area contributed by atoms with Crippen molar-refractivity contribution in [2.75, 3.05) is 13.6 Å². The molecule has 3 aliphatic carbocycles. The summed E-state index contributed by atoms with van der Waals surface area (Å²) in [5.74, 6) is 2.69. The maximum atomic E-state index is 12.3. The van der Waals surface area contributed by atoms with E-state index in [1.807, 2.05) is 31.9 Å². The molecule has 2 nitrogen and oxygen atoms in total. The van der Waals surface area contributed by atoms with E-state index in [0.717, 1.165) is 37.1 Å². The molecule has 25 heavy (non-hydrogen) atoms. The zero-order valence-electron chi connectivity index (χ0n) is 17.2. The minimum Gasteiger partial charge on any atom is -0.342 e. The second-order valence-electron chi connectivity index (χ2n) is 9.09. The minimum atomic E-state index is 0.223. The van der Waals surface area contributed by atoms with Crippen LogP contribution in [0.2, 0.25) is 0 Å². The third kappa shape index (κ3) is 2.71. The molecule has 5 atom stereocenters. The SMILES string of the molecule is CC.CC1=CCC2C3CCC4=CC(=O)N(C)CCC4(C)C3CCC12C. The van der Waals surface area contributed by atoms with Gasteiger partial charge in [-0.2, -0.15) is 0 Å². The van der Waals surface area contributed by atoms with Crippen LogP contribution in [0.5, 0.6) is 0 Å². The van der Waals surface area contributed by atoms with Crippen molar-refractivity contribution in [3.05, 3.63) is 23.3 Å². The molecule has 0 aromatic heterocycles. The molecule has 0 bridgehead atoms. The van der Waals surface area contributed by atoms with Crippen molar-refractivity contribution in [2.24, 2.45) is 28.6 Å². The Hall–Kier alpha value is -1.05. The first-order valence-electron chi connectivity index (χ1n) is 10.5. The molecule has 1 aliphatic heterocycles. The van der Waals surface area contributed by atoms with Crippen LogP contribution in [0.3, 0.4) is 0 Å². The molecule has 2 saturated carbocycles. The van der Waals surface area contributed by atoms with Crippen molar-refractivity contribution < 1.29 is 4.79 Å². The van der Waals surface area contributed by atoms with Crippen LogP contribution in [0.25, 0.3) is 0 Å². The Balaban J connectivity index is 0.000000880. The molecular formula is C23H37NO. The fourth-order valence-electron chi connectivity index (χ4n) is 6.46. The normalized spacial score (nSPS) is 42.9. The highest BCUT2D eigenvalue weighted by molar-refractivity contribution is 5.88. The highest BCUT2D eigenvalue weighted by atomic mass is 16.2. The lowest BCUT2D eigenvalue weighted by atomic mass is 9.48. The van der Waals surface area contributed by atoms with Gasteiger partial charge < -0.3 is 4.90 Å². The lowest BCUT2D eigenvalue weighted by molar-refractivity contribution is -0.124. The zero-order chi connectivity index (χ0) is 18.4. The molecule has 140 valence electrons.